The minimum absolute atomic E-state index is 0.101. The number of nitrogens with zero attached hydrogens (tertiary/aromatic N) is 2. The molecule has 2 aliphatic heterocycles. The maximum Gasteiger partial charge on any atom is 0.331 e. The molecule has 0 aliphatic carbocycles. The monoisotopic (exact) mass is 366 g/mol. The highest BCUT2D eigenvalue weighted by Gasteiger charge is 2.46. The predicted octanol–water partition coefficient (Wildman–Crippen LogP) is 3.57. The summed E-state index contributed by atoms with van der Waals surface area (Å²) >= 11 is 0. The van der Waals surface area contributed by atoms with Crippen molar-refractivity contribution in [2.75, 3.05) is 18.6 Å². The Bertz CT molecular complexity index is 878. The van der Waals surface area contributed by atoms with E-state index in [1.807, 2.05) is 55.5 Å². The average molecular weight is 366 g/mol. The maximum atomic E-state index is 12.5. The first-order valence-electron chi connectivity index (χ1n) is 9.08. The number of rotatable bonds is 4. The van der Waals surface area contributed by atoms with E-state index in [1.165, 1.54) is 0 Å². The number of carbonyl (C=O) groups excluding carboxylic acids is 1. The number of amidine groups is 1. The third-order valence-electron chi connectivity index (χ3n) is 5.04. The molecule has 3 atom stereocenters. The van der Waals surface area contributed by atoms with Gasteiger partial charge < -0.3 is 14.2 Å². The van der Waals surface area contributed by atoms with Gasteiger partial charge in [-0.2, -0.15) is 0 Å². The van der Waals surface area contributed by atoms with Crippen LogP contribution < -0.4 is 14.4 Å². The second-order valence-corrected chi connectivity index (χ2v) is 6.63. The van der Waals surface area contributed by atoms with Crippen LogP contribution in [0.15, 0.2) is 53.5 Å². The van der Waals surface area contributed by atoms with E-state index in [-0.39, 0.29) is 17.9 Å². The lowest BCUT2D eigenvalue weighted by Gasteiger charge is -2.39. The molecule has 2 aromatic carbocycles. The summed E-state index contributed by atoms with van der Waals surface area (Å²) in [5.74, 6) is 1.11. The molecule has 0 amide bonds. The second-order valence-electron chi connectivity index (χ2n) is 6.63. The molecule has 2 aromatic rings. The zero-order chi connectivity index (χ0) is 19.0. The summed E-state index contributed by atoms with van der Waals surface area (Å²) in [4.78, 5) is 19.2. The van der Waals surface area contributed by atoms with E-state index in [1.54, 1.807) is 14.0 Å². The number of anilines is 1. The fourth-order valence-electron chi connectivity index (χ4n) is 3.74. The Morgan fingerprint density at radius 1 is 1.19 bits per heavy atom. The molecule has 0 fully saturated rings. The largest absolute Gasteiger partial charge is 0.497 e. The van der Waals surface area contributed by atoms with E-state index in [0.29, 0.717) is 12.6 Å². The Balaban J connectivity index is 1.80. The average Bonchev–Trinajstić information content (AvgIpc) is 3.06. The number of aliphatic imine (C=N–C) groups is 1. The van der Waals surface area contributed by atoms with E-state index in [4.69, 9.17) is 14.2 Å². The van der Waals surface area contributed by atoms with Crippen molar-refractivity contribution < 1.29 is 19.0 Å². The first-order chi connectivity index (χ1) is 13.1. The van der Waals surface area contributed by atoms with E-state index < -0.39 is 6.04 Å². The molecule has 0 spiro atoms. The highest BCUT2D eigenvalue weighted by atomic mass is 16.5. The van der Waals surface area contributed by atoms with Gasteiger partial charge in [-0.1, -0.05) is 31.2 Å². The van der Waals surface area contributed by atoms with E-state index in [2.05, 4.69) is 9.89 Å². The summed E-state index contributed by atoms with van der Waals surface area (Å²) in [5.41, 5.74) is 2.01. The van der Waals surface area contributed by atoms with Crippen LogP contribution in [0.3, 0.4) is 0 Å². The minimum atomic E-state index is -0.613. The van der Waals surface area contributed by atoms with Gasteiger partial charge in [-0.25, -0.2) is 9.79 Å². The van der Waals surface area contributed by atoms with Crippen LogP contribution in [-0.4, -0.2) is 31.7 Å². The SMILES string of the molecule is CCOC(=O)[C@H]1N=C2Oc3ccccc3N2[C@@H](c2ccc(OC)cc2)[C@@H]1C. The molecule has 2 heterocycles. The molecular weight excluding hydrogens is 344 g/mol. The molecule has 0 aromatic heterocycles. The van der Waals surface area contributed by atoms with Gasteiger partial charge >= 0.3 is 5.97 Å². The van der Waals surface area contributed by atoms with E-state index in [9.17, 15) is 4.79 Å². The normalized spacial score (nSPS) is 23.0. The maximum absolute atomic E-state index is 12.5. The fourth-order valence-corrected chi connectivity index (χ4v) is 3.74. The van der Waals surface area contributed by atoms with Crippen molar-refractivity contribution in [2.24, 2.45) is 10.9 Å². The molecule has 0 unspecified atom stereocenters. The van der Waals surface area contributed by atoms with Gasteiger partial charge in [0.2, 0.25) is 0 Å². The highest BCUT2D eigenvalue weighted by Crippen LogP contribution is 2.46. The Morgan fingerprint density at radius 3 is 2.63 bits per heavy atom. The van der Waals surface area contributed by atoms with Gasteiger partial charge in [0.25, 0.3) is 6.02 Å². The predicted molar refractivity (Wildman–Crippen MR) is 102 cm³/mol. The number of para-hydroxylation sites is 2. The van der Waals surface area contributed by atoms with Crippen molar-refractivity contribution in [3.63, 3.8) is 0 Å². The molecule has 4 rings (SSSR count). The molecule has 2 aliphatic rings. The number of fused-ring (bicyclic) bond motifs is 3. The minimum Gasteiger partial charge on any atom is -0.497 e. The summed E-state index contributed by atoms with van der Waals surface area (Å²) in [6.45, 7) is 4.15. The number of hydrogen-bond donors (Lipinski definition) is 0. The van der Waals surface area contributed by atoms with Crippen LogP contribution >= 0.6 is 0 Å². The summed E-state index contributed by atoms with van der Waals surface area (Å²) in [7, 11) is 1.64. The summed E-state index contributed by atoms with van der Waals surface area (Å²) in [5, 5.41) is 0. The van der Waals surface area contributed by atoms with Crippen molar-refractivity contribution in [2.45, 2.75) is 25.9 Å². The zero-order valence-corrected chi connectivity index (χ0v) is 15.6. The van der Waals surface area contributed by atoms with Crippen LogP contribution in [0, 0.1) is 5.92 Å². The number of ether oxygens (including phenoxy) is 3. The lowest BCUT2D eigenvalue weighted by molar-refractivity contribution is -0.146. The van der Waals surface area contributed by atoms with Gasteiger partial charge in [0.05, 0.1) is 25.4 Å². The molecular formula is C21H22N2O4. The van der Waals surface area contributed by atoms with Crippen molar-refractivity contribution in [1.82, 2.24) is 0 Å². The standard InChI is InChI=1S/C21H22N2O4/c1-4-26-20(24)18-13(2)19(14-9-11-15(25-3)12-10-14)23-16-7-5-6-8-17(16)27-21(23)22-18/h5-13,18-19H,4H2,1-3H3/t13-,18+,19-/m1/s1. The lowest BCUT2D eigenvalue weighted by atomic mass is 9.86. The first-order valence-corrected chi connectivity index (χ1v) is 9.08. The number of methoxy groups -OCH3 is 1. The number of benzene rings is 2. The van der Waals surface area contributed by atoms with Gasteiger partial charge in [0.15, 0.2) is 11.8 Å². The fraction of sp³-hybridized carbons (Fsp3) is 0.333. The summed E-state index contributed by atoms with van der Waals surface area (Å²) in [6, 6.07) is 15.4. The molecule has 6 nitrogen and oxygen atoms in total. The lowest BCUT2D eigenvalue weighted by Crippen LogP contribution is -2.48. The van der Waals surface area contributed by atoms with E-state index >= 15 is 0 Å². The molecule has 27 heavy (non-hydrogen) atoms. The van der Waals surface area contributed by atoms with Gasteiger partial charge in [-0.3, -0.25) is 4.90 Å². The molecule has 0 radical (unpaired) electrons. The Morgan fingerprint density at radius 2 is 1.93 bits per heavy atom. The Labute approximate surface area is 158 Å². The number of hydrogen-bond acceptors (Lipinski definition) is 6. The Hall–Kier alpha value is -3.02. The van der Waals surface area contributed by atoms with Crippen molar-refractivity contribution in [1.29, 1.82) is 0 Å². The van der Waals surface area contributed by atoms with Crippen molar-refractivity contribution >= 4 is 17.7 Å². The molecule has 6 heteroatoms. The molecule has 140 valence electrons. The summed E-state index contributed by atoms with van der Waals surface area (Å²) < 4.78 is 16.5. The summed E-state index contributed by atoms with van der Waals surface area (Å²) in [6.07, 6.45) is 0. The van der Waals surface area contributed by atoms with Gasteiger partial charge in [-0.05, 0) is 36.8 Å². The highest BCUT2D eigenvalue weighted by molar-refractivity contribution is 6.02. The van der Waals surface area contributed by atoms with Gasteiger partial charge in [-0.15, -0.1) is 0 Å². The topological polar surface area (TPSA) is 60.4 Å². The van der Waals surface area contributed by atoms with Crippen molar-refractivity contribution in [3.05, 3.63) is 54.1 Å². The Kier molecular flexibility index (Phi) is 4.48. The van der Waals surface area contributed by atoms with Gasteiger partial charge in [0.1, 0.15) is 5.75 Å². The van der Waals surface area contributed by atoms with Crippen molar-refractivity contribution in [3.8, 4) is 11.5 Å². The number of carbonyl (C=O) groups is 1. The number of esters is 1. The van der Waals surface area contributed by atoms with Crippen LogP contribution in [0.25, 0.3) is 0 Å². The van der Waals surface area contributed by atoms with Crippen LogP contribution in [0.2, 0.25) is 0 Å². The zero-order valence-electron chi connectivity index (χ0n) is 15.6. The van der Waals surface area contributed by atoms with E-state index in [0.717, 1.165) is 22.7 Å². The molecule has 0 saturated heterocycles. The third kappa shape index (κ3) is 2.91. The first kappa shape index (κ1) is 17.4. The molecule has 0 N–H and O–H groups in total. The smallest absolute Gasteiger partial charge is 0.331 e. The van der Waals surface area contributed by atoms with Crippen LogP contribution in [0.5, 0.6) is 11.5 Å². The third-order valence-corrected chi connectivity index (χ3v) is 5.04. The second kappa shape index (κ2) is 6.95. The molecule has 0 saturated carbocycles. The molecule has 0 bridgehead atoms. The van der Waals surface area contributed by atoms with Crippen LogP contribution in [0.1, 0.15) is 25.5 Å². The van der Waals surface area contributed by atoms with Gasteiger partial charge in [0, 0.05) is 5.92 Å². The van der Waals surface area contributed by atoms with Crippen LogP contribution in [0.4, 0.5) is 5.69 Å². The van der Waals surface area contributed by atoms with Crippen LogP contribution in [-0.2, 0) is 9.53 Å². The quantitative estimate of drug-likeness (QED) is 0.774.